The minimum atomic E-state index is -0.796. The Bertz CT molecular complexity index is 367. The molecule has 1 rings (SSSR count). The number of carbonyl (C=O) groups excluding carboxylic acids is 1. The van der Waals surface area contributed by atoms with Crippen LogP contribution in [0.25, 0.3) is 0 Å². The molecule has 1 aromatic heterocycles. The Labute approximate surface area is 103 Å². The first kappa shape index (κ1) is 13.6. The highest BCUT2D eigenvalue weighted by atomic mass is 32.1. The normalized spacial score (nSPS) is 12.1. The monoisotopic (exact) mass is 257 g/mol. The lowest BCUT2D eigenvalue weighted by atomic mass is 10.0. The molecule has 17 heavy (non-hydrogen) atoms. The molecule has 1 amide bonds. The number of amides is 1. The van der Waals surface area contributed by atoms with Gasteiger partial charge in [-0.3, -0.25) is 9.59 Å². The van der Waals surface area contributed by atoms with Gasteiger partial charge in [0.2, 0.25) is 11.0 Å². The predicted molar refractivity (Wildman–Crippen MR) is 63.8 cm³/mol. The number of carboxylic acids is 1. The van der Waals surface area contributed by atoms with E-state index in [1.807, 2.05) is 6.92 Å². The Morgan fingerprint density at radius 2 is 2.35 bits per heavy atom. The van der Waals surface area contributed by atoms with Crippen LogP contribution >= 0.6 is 11.3 Å². The van der Waals surface area contributed by atoms with E-state index >= 15 is 0 Å². The van der Waals surface area contributed by atoms with Gasteiger partial charge in [0.1, 0.15) is 5.51 Å². The lowest BCUT2D eigenvalue weighted by molar-refractivity contribution is -0.138. The van der Waals surface area contributed by atoms with Crippen LogP contribution in [0.2, 0.25) is 0 Å². The van der Waals surface area contributed by atoms with Crippen LogP contribution in [0.15, 0.2) is 5.51 Å². The predicted octanol–water partition coefficient (Wildman–Crippen LogP) is 1.76. The largest absolute Gasteiger partial charge is 0.481 e. The fourth-order valence-electron chi connectivity index (χ4n) is 1.42. The van der Waals surface area contributed by atoms with Crippen molar-refractivity contribution in [2.75, 3.05) is 5.32 Å². The second kappa shape index (κ2) is 6.95. The molecule has 0 bridgehead atoms. The van der Waals surface area contributed by atoms with E-state index in [1.54, 1.807) is 5.51 Å². The Balaban J connectivity index is 2.14. The lowest BCUT2D eigenvalue weighted by Crippen LogP contribution is -2.12. The maximum absolute atomic E-state index is 11.4. The van der Waals surface area contributed by atoms with Gasteiger partial charge < -0.3 is 10.4 Å². The summed E-state index contributed by atoms with van der Waals surface area (Å²) in [7, 11) is 0. The Morgan fingerprint density at radius 1 is 1.59 bits per heavy atom. The van der Waals surface area contributed by atoms with Crippen molar-refractivity contribution in [1.82, 2.24) is 10.2 Å². The molecule has 0 aliphatic rings. The van der Waals surface area contributed by atoms with Crippen molar-refractivity contribution in [2.24, 2.45) is 5.92 Å². The van der Waals surface area contributed by atoms with Crippen LogP contribution in [0.4, 0.5) is 5.13 Å². The van der Waals surface area contributed by atoms with E-state index in [0.29, 0.717) is 18.0 Å². The van der Waals surface area contributed by atoms with Crippen molar-refractivity contribution in [3.05, 3.63) is 5.51 Å². The van der Waals surface area contributed by atoms with Crippen molar-refractivity contribution in [3.63, 3.8) is 0 Å². The fraction of sp³-hybridized carbons (Fsp3) is 0.600. The number of hydrogen-bond donors (Lipinski definition) is 2. The number of rotatable bonds is 7. The molecule has 0 aromatic carbocycles. The maximum atomic E-state index is 11.4. The average molecular weight is 257 g/mol. The molecular formula is C10H15N3O3S. The Hall–Kier alpha value is -1.50. The van der Waals surface area contributed by atoms with Crippen LogP contribution in [-0.4, -0.2) is 27.2 Å². The molecule has 1 aromatic rings. The summed E-state index contributed by atoms with van der Waals surface area (Å²) in [6, 6.07) is 0. The molecule has 0 aliphatic heterocycles. The number of aliphatic carboxylic acids is 1. The quantitative estimate of drug-likeness (QED) is 0.776. The molecule has 0 radical (unpaired) electrons. The van der Waals surface area contributed by atoms with Crippen molar-refractivity contribution in [1.29, 1.82) is 0 Å². The van der Waals surface area contributed by atoms with E-state index in [0.717, 1.165) is 6.42 Å². The summed E-state index contributed by atoms with van der Waals surface area (Å²) < 4.78 is 0. The zero-order chi connectivity index (χ0) is 12.7. The van der Waals surface area contributed by atoms with Crippen molar-refractivity contribution < 1.29 is 14.7 Å². The SMILES string of the molecule is C[C@@H](CCCC(=O)Nc1nncs1)CC(=O)O. The van der Waals surface area contributed by atoms with E-state index in [9.17, 15) is 9.59 Å². The number of carbonyl (C=O) groups is 2. The van der Waals surface area contributed by atoms with Crippen LogP contribution in [0.5, 0.6) is 0 Å². The van der Waals surface area contributed by atoms with E-state index in [2.05, 4.69) is 15.5 Å². The maximum Gasteiger partial charge on any atom is 0.303 e. The Kier molecular flexibility index (Phi) is 5.55. The Morgan fingerprint density at radius 3 is 2.94 bits per heavy atom. The first-order chi connectivity index (χ1) is 8.08. The zero-order valence-corrected chi connectivity index (χ0v) is 10.4. The standard InChI is InChI=1S/C10H15N3O3S/c1-7(5-9(15)16)3-2-4-8(14)12-10-13-11-6-17-10/h6-7H,2-5H2,1H3,(H,15,16)(H,12,13,14)/t7-/m0/s1. The minimum absolute atomic E-state index is 0.0989. The molecule has 2 N–H and O–H groups in total. The van der Waals surface area contributed by atoms with Gasteiger partial charge in [0, 0.05) is 12.8 Å². The van der Waals surface area contributed by atoms with Crippen molar-refractivity contribution in [2.45, 2.75) is 32.6 Å². The smallest absolute Gasteiger partial charge is 0.303 e. The van der Waals surface area contributed by atoms with Gasteiger partial charge in [-0.2, -0.15) is 0 Å². The van der Waals surface area contributed by atoms with E-state index in [1.165, 1.54) is 11.3 Å². The van der Waals surface area contributed by atoms with Crippen LogP contribution in [0.1, 0.15) is 32.6 Å². The van der Waals surface area contributed by atoms with Crippen LogP contribution in [0.3, 0.4) is 0 Å². The number of anilines is 1. The highest BCUT2D eigenvalue weighted by Gasteiger charge is 2.09. The van der Waals surface area contributed by atoms with Gasteiger partial charge in [-0.15, -0.1) is 10.2 Å². The summed E-state index contributed by atoms with van der Waals surface area (Å²) in [5.74, 6) is -0.804. The van der Waals surface area contributed by atoms with Gasteiger partial charge in [-0.1, -0.05) is 18.3 Å². The van der Waals surface area contributed by atoms with E-state index < -0.39 is 5.97 Å². The second-order valence-electron chi connectivity index (χ2n) is 3.89. The third-order valence-corrected chi connectivity index (χ3v) is 2.84. The molecule has 6 nitrogen and oxygen atoms in total. The highest BCUT2D eigenvalue weighted by molar-refractivity contribution is 7.13. The third-order valence-electron chi connectivity index (χ3n) is 2.23. The summed E-state index contributed by atoms with van der Waals surface area (Å²) in [5.41, 5.74) is 1.55. The van der Waals surface area contributed by atoms with Crippen molar-refractivity contribution in [3.8, 4) is 0 Å². The highest BCUT2D eigenvalue weighted by Crippen LogP contribution is 2.13. The molecule has 0 fully saturated rings. The molecule has 94 valence electrons. The lowest BCUT2D eigenvalue weighted by Gasteiger charge is -2.07. The second-order valence-corrected chi connectivity index (χ2v) is 4.72. The third kappa shape index (κ3) is 5.96. The summed E-state index contributed by atoms with van der Waals surface area (Å²) in [6.07, 6.45) is 1.94. The summed E-state index contributed by atoms with van der Waals surface area (Å²) in [5, 5.41) is 19.0. The van der Waals surface area contributed by atoms with Gasteiger partial charge in [0.25, 0.3) is 0 Å². The molecule has 0 unspecified atom stereocenters. The number of carboxylic acid groups (broad SMARTS) is 1. The van der Waals surface area contributed by atoms with Gasteiger partial charge in [0.05, 0.1) is 0 Å². The number of aromatic nitrogens is 2. The summed E-state index contributed by atoms with van der Waals surface area (Å²) >= 11 is 1.27. The molecule has 0 aliphatic carbocycles. The molecular weight excluding hydrogens is 242 g/mol. The summed E-state index contributed by atoms with van der Waals surface area (Å²) in [4.78, 5) is 21.9. The minimum Gasteiger partial charge on any atom is -0.481 e. The molecule has 0 saturated carbocycles. The van der Waals surface area contributed by atoms with Crippen LogP contribution in [-0.2, 0) is 9.59 Å². The molecule has 1 heterocycles. The molecule has 0 spiro atoms. The van der Waals surface area contributed by atoms with Gasteiger partial charge in [-0.25, -0.2) is 0 Å². The van der Waals surface area contributed by atoms with E-state index in [-0.39, 0.29) is 18.2 Å². The van der Waals surface area contributed by atoms with Gasteiger partial charge in [-0.05, 0) is 18.8 Å². The van der Waals surface area contributed by atoms with Crippen LogP contribution < -0.4 is 5.32 Å². The molecule has 0 saturated heterocycles. The fourth-order valence-corrected chi connectivity index (χ4v) is 1.88. The number of hydrogen-bond acceptors (Lipinski definition) is 5. The molecule has 1 atom stereocenters. The number of nitrogens with zero attached hydrogens (tertiary/aromatic N) is 2. The van der Waals surface area contributed by atoms with Gasteiger partial charge in [0.15, 0.2) is 0 Å². The first-order valence-electron chi connectivity index (χ1n) is 5.35. The summed E-state index contributed by atoms with van der Waals surface area (Å²) in [6.45, 7) is 1.87. The number of nitrogens with one attached hydrogen (secondary N) is 1. The average Bonchev–Trinajstić information content (AvgIpc) is 2.69. The van der Waals surface area contributed by atoms with Crippen LogP contribution in [0, 0.1) is 5.92 Å². The van der Waals surface area contributed by atoms with E-state index in [4.69, 9.17) is 5.11 Å². The van der Waals surface area contributed by atoms with Gasteiger partial charge >= 0.3 is 5.97 Å². The zero-order valence-electron chi connectivity index (χ0n) is 9.55. The topological polar surface area (TPSA) is 92.2 Å². The molecule has 7 heteroatoms. The van der Waals surface area contributed by atoms with Crippen molar-refractivity contribution >= 4 is 28.3 Å². The first-order valence-corrected chi connectivity index (χ1v) is 6.23.